The highest BCUT2D eigenvalue weighted by Crippen LogP contribution is 2.31. The molecule has 2 saturated heterocycles. The van der Waals surface area contributed by atoms with Crippen LogP contribution in [0.1, 0.15) is 53.8 Å². The van der Waals surface area contributed by atoms with E-state index in [0.29, 0.717) is 62.4 Å². The first-order chi connectivity index (χ1) is 14.8. The van der Waals surface area contributed by atoms with Crippen LogP contribution in [0, 0.1) is 13.8 Å². The van der Waals surface area contributed by atoms with Crippen molar-refractivity contribution < 1.29 is 17.9 Å². The van der Waals surface area contributed by atoms with Crippen LogP contribution in [0.5, 0.6) is 0 Å². The highest BCUT2D eigenvalue weighted by molar-refractivity contribution is 7.89. The van der Waals surface area contributed by atoms with Crippen LogP contribution >= 0.6 is 0 Å². The topological polar surface area (TPSA) is 75.1 Å². The summed E-state index contributed by atoms with van der Waals surface area (Å²) in [6.07, 6.45) is 6.32. The number of morpholine rings is 1. The Labute approximate surface area is 186 Å². The molecule has 1 aromatic heterocycles. The third-order valence-electron chi connectivity index (χ3n) is 7.40. The molecule has 0 atom stereocenters. The van der Waals surface area contributed by atoms with E-state index in [0.717, 1.165) is 13.1 Å². The van der Waals surface area contributed by atoms with Crippen LogP contribution in [0.15, 0.2) is 4.90 Å². The third kappa shape index (κ3) is 4.29. The molecule has 1 amide bonds. The predicted molar refractivity (Wildman–Crippen MR) is 119 cm³/mol. The van der Waals surface area contributed by atoms with E-state index >= 15 is 0 Å². The van der Waals surface area contributed by atoms with Crippen LogP contribution in [-0.4, -0.2) is 91.5 Å². The summed E-state index contributed by atoms with van der Waals surface area (Å²) >= 11 is 0. The van der Waals surface area contributed by atoms with Gasteiger partial charge in [-0.2, -0.15) is 4.31 Å². The summed E-state index contributed by atoms with van der Waals surface area (Å²) in [5.74, 6) is -0.205. The van der Waals surface area contributed by atoms with Crippen LogP contribution in [0.3, 0.4) is 0 Å². The minimum atomic E-state index is -3.76. The van der Waals surface area contributed by atoms with Gasteiger partial charge in [0.1, 0.15) is 4.90 Å². The van der Waals surface area contributed by atoms with Gasteiger partial charge in [-0.15, -0.1) is 0 Å². The summed E-state index contributed by atoms with van der Waals surface area (Å²) < 4.78 is 36.3. The Morgan fingerprint density at radius 1 is 0.903 bits per heavy atom. The molecular weight excluding hydrogens is 416 g/mol. The lowest BCUT2D eigenvalue weighted by Crippen LogP contribution is -2.52. The highest BCUT2D eigenvalue weighted by Gasteiger charge is 2.38. The van der Waals surface area contributed by atoms with Crippen molar-refractivity contribution in [2.24, 2.45) is 7.05 Å². The Morgan fingerprint density at radius 2 is 1.52 bits per heavy atom. The normalized spacial score (nSPS) is 22.7. The summed E-state index contributed by atoms with van der Waals surface area (Å²) in [5.41, 5.74) is 1.66. The van der Waals surface area contributed by atoms with Crippen LogP contribution in [0.2, 0.25) is 0 Å². The fraction of sp³-hybridized carbons (Fsp3) is 0.773. The summed E-state index contributed by atoms with van der Waals surface area (Å²) in [7, 11) is -1.92. The number of rotatable bonds is 4. The molecule has 3 heterocycles. The van der Waals surface area contributed by atoms with Crippen molar-refractivity contribution in [3.05, 3.63) is 17.0 Å². The summed E-state index contributed by atoms with van der Waals surface area (Å²) in [6, 6.07) is 0.595. The zero-order chi connectivity index (χ0) is 22.2. The monoisotopic (exact) mass is 452 g/mol. The van der Waals surface area contributed by atoms with Gasteiger partial charge in [0.05, 0.1) is 18.8 Å². The van der Waals surface area contributed by atoms with Crippen molar-refractivity contribution in [2.75, 3.05) is 52.5 Å². The summed E-state index contributed by atoms with van der Waals surface area (Å²) in [6.45, 7) is 8.09. The molecule has 3 aliphatic rings. The molecule has 0 radical (unpaired) electrons. The van der Waals surface area contributed by atoms with E-state index in [4.69, 9.17) is 4.74 Å². The van der Waals surface area contributed by atoms with Crippen LogP contribution in [0.25, 0.3) is 0 Å². The Kier molecular flexibility index (Phi) is 6.76. The quantitative estimate of drug-likeness (QED) is 0.696. The SMILES string of the molecule is Cc1c(C(=O)N2CCOCC2)c(S(=O)(=O)N2CCN(C3CCCCC3)CC2)c(C)n1C. The molecule has 174 valence electrons. The fourth-order valence-electron chi connectivity index (χ4n) is 5.29. The first-order valence-electron chi connectivity index (χ1n) is 11.6. The van der Waals surface area contributed by atoms with Crippen LogP contribution in [-0.2, 0) is 21.8 Å². The molecule has 9 heteroatoms. The van der Waals surface area contributed by atoms with Gasteiger partial charge in [0.25, 0.3) is 5.91 Å². The Morgan fingerprint density at radius 3 is 2.13 bits per heavy atom. The van der Waals surface area contributed by atoms with Gasteiger partial charge in [-0.1, -0.05) is 19.3 Å². The average Bonchev–Trinajstić information content (AvgIpc) is 3.04. The number of carbonyl (C=O) groups excluding carboxylic acids is 1. The molecule has 2 aliphatic heterocycles. The maximum absolute atomic E-state index is 13.8. The van der Waals surface area contributed by atoms with Crippen molar-refractivity contribution in [3.8, 4) is 0 Å². The lowest BCUT2D eigenvalue weighted by Gasteiger charge is -2.40. The molecule has 3 fully saturated rings. The molecule has 8 nitrogen and oxygen atoms in total. The zero-order valence-corrected chi connectivity index (χ0v) is 19.9. The maximum Gasteiger partial charge on any atom is 0.257 e. The van der Waals surface area contributed by atoms with Crippen LogP contribution in [0.4, 0.5) is 0 Å². The first kappa shape index (κ1) is 22.8. The van der Waals surface area contributed by atoms with Crippen LogP contribution < -0.4 is 0 Å². The van der Waals surface area contributed by atoms with E-state index in [9.17, 15) is 13.2 Å². The standard InChI is InChI=1S/C22H36N4O4S/c1-17-20(22(27)25-13-15-30-16-14-25)21(18(2)23(17)3)31(28,29)26-11-9-24(10-12-26)19-7-5-4-6-8-19/h19H,4-16H2,1-3H3. The third-order valence-corrected chi connectivity index (χ3v) is 9.46. The molecule has 0 bridgehead atoms. The molecular formula is C22H36N4O4S. The van der Waals surface area contributed by atoms with Gasteiger partial charge in [0.2, 0.25) is 10.0 Å². The number of amides is 1. The fourth-order valence-corrected chi connectivity index (χ4v) is 7.20. The number of aromatic nitrogens is 1. The lowest BCUT2D eigenvalue weighted by molar-refractivity contribution is 0.0300. The Bertz CT molecular complexity index is 906. The second-order valence-corrected chi connectivity index (χ2v) is 10.9. The smallest absolute Gasteiger partial charge is 0.257 e. The van der Waals surface area contributed by atoms with Crippen molar-refractivity contribution in [1.82, 2.24) is 18.7 Å². The largest absolute Gasteiger partial charge is 0.378 e. The van der Waals surface area contributed by atoms with Gasteiger partial charge in [0.15, 0.2) is 0 Å². The number of piperazine rings is 1. The van der Waals surface area contributed by atoms with E-state index in [1.165, 1.54) is 32.1 Å². The predicted octanol–water partition coefficient (Wildman–Crippen LogP) is 1.75. The van der Waals surface area contributed by atoms with Gasteiger partial charge in [0, 0.05) is 63.7 Å². The first-order valence-corrected chi connectivity index (χ1v) is 13.0. The Balaban J connectivity index is 1.58. The van der Waals surface area contributed by atoms with Gasteiger partial charge < -0.3 is 14.2 Å². The van der Waals surface area contributed by atoms with Crippen molar-refractivity contribution in [3.63, 3.8) is 0 Å². The van der Waals surface area contributed by atoms with E-state index in [2.05, 4.69) is 4.90 Å². The second-order valence-electron chi connectivity index (χ2n) is 9.07. The number of nitrogens with zero attached hydrogens (tertiary/aromatic N) is 4. The molecule has 1 aromatic rings. The molecule has 0 aromatic carbocycles. The number of sulfonamides is 1. The molecule has 31 heavy (non-hydrogen) atoms. The van der Waals surface area contributed by atoms with E-state index in [1.54, 1.807) is 16.1 Å². The molecule has 0 unspecified atom stereocenters. The van der Waals surface area contributed by atoms with E-state index in [-0.39, 0.29) is 10.8 Å². The molecule has 0 N–H and O–H groups in total. The van der Waals surface area contributed by atoms with Crippen molar-refractivity contribution >= 4 is 15.9 Å². The molecule has 1 aliphatic carbocycles. The van der Waals surface area contributed by atoms with E-state index < -0.39 is 10.0 Å². The second kappa shape index (κ2) is 9.21. The molecule has 1 saturated carbocycles. The lowest BCUT2D eigenvalue weighted by atomic mass is 9.94. The minimum Gasteiger partial charge on any atom is -0.378 e. The van der Waals surface area contributed by atoms with Gasteiger partial charge >= 0.3 is 0 Å². The highest BCUT2D eigenvalue weighted by atomic mass is 32.2. The van der Waals surface area contributed by atoms with Crippen molar-refractivity contribution in [2.45, 2.75) is 56.9 Å². The summed E-state index contributed by atoms with van der Waals surface area (Å²) in [4.78, 5) is 17.7. The number of hydrogen-bond donors (Lipinski definition) is 0. The maximum atomic E-state index is 13.8. The minimum absolute atomic E-state index is 0.190. The number of hydrogen-bond acceptors (Lipinski definition) is 5. The summed E-state index contributed by atoms with van der Waals surface area (Å²) in [5, 5.41) is 0. The zero-order valence-electron chi connectivity index (χ0n) is 19.1. The van der Waals surface area contributed by atoms with Crippen molar-refractivity contribution in [1.29, 1.82) is 0 Å². The van der Waals surface area contributed by atoms with Gasteiger partial charge in [-0.25, -0.2) is 8.42 Å². The Hall–Kier alpha value is -1.42. The average molecular weight is 453 g/mol. The van der Waals surface area contributed by atoms with Gasteiger partial charge in [-0.3, -0.25) is 9.69 Å². The number of ether oxygens (including phenoxy) is 1. The number of carbonyl (C=O) groups is 1. The van der Waals surface area contributed by atoms with Gasteiger partial charge in [-0.05, 0) is 26.7 Å². The van der Waals surface area contributed by atoms with E-state index in [1.807, 2.05) is 18.5 Å². The molecule has 4 rings (SSSR count). The molecule has 0 spiro atoms.